The van der Waals surface area contributed by atoms with Gasteiger partial charge in [0.2, 0.25) is 0 Å². The van der Waals surface area contributed by atoms with Crippen molar-refractivity contribution in [3.05, 3.63) is 34.6 Å². The number of nitrogens with one attached hydrogen (secondary N) is 1. The predicted molar refractivity (Wildman–Crippen MR) is 51.9 cm³/mol. The first-order valence-corrected chi connectivity index (χ1v) is 4.80. The molecule has 0 atom stereocenters. The molecule has 14 heavy (non-hydrogen) atoms. The summed E-state index contributed by atoms with van der Waals surface area (Å²) in [5, 5.41) is 3.00. The van der Waals surface area contributed by atoms with Gasteiger partial charge in [-0.2, -0.15) is 0 Å². The Bertz CT molecular complexity index is 356. The molecule has 1 fully saturated rings. The zero-order valence-electron chi connectivity index (χ0n) is 7.39. The minimum absolute atomic E-state index is 0.242. The van der Waals surface area contributed by atoms with Crippen LogP contribution in [0.2, 0.25) is 5.02 Å². The van der Waals surface area contributed by atoms with Crippen molar-refractivity contribution in [1.82, 2.24) is 5.32 Å². The van der Waals surface area contributed by atoms with E-state index < -0.39 is 5.82 Å². The van der Waals surface area contributed by atoms with Crippen LogP contribution in [0, 0.1) is 5.82 Å². The van der Waals surface area contributed by atoms with Gasteiger partial charge in [-0.1, -0.05) is 11.6 Å². The van der Waals surface area contributed by atoms with Gasteiger partial charge in [0.25, 0.3) is 5.91 Å². The Morgan fingerprint density at radius 2 is 2.14 bits per heavy atom. The van der Waals surface area contributed by atoms with Gasteiger partial charge in [-0.25, -0.2) is 4.39 Å². The molecule has 1 N–H and O–H groups in total. The first-order valence-electron chi connectivity index (χ1n) is 4.42. The van der Waals surface area contributed by atoms with Crippen LogP contribution in [0.3, 0.4) is 0 Å². The minimum Gasteiger partial charge on any atom is -0.349 e. The van der Waals surface area contributed by atoms with Crippen LogP contribution >= 0.6 is 11.6 Å². The summed E-state index contributed by atoms with van der Waals surface area (Å²) in [4.78, 5) is 11.5. The molecule has 1 amide bonds. The molecule has 0 saturated heterocycles. The van der Waals surface area contributed by atoms with Gasteiger partial charge in [0.05, 0.1) is 0 Å². The molecular weight excluding hydrogens is 205 g/mol. The molecule has 0 aromatic heterocycles. The number of amides is 1. The Hall–Kier alpha value is -1.09. The molecule has 1 aromatic carbocycles. The van der Waals surface area contributed by atoms with Crippen LogP contribution in [0.25, 0.3) is 0 Å². The van der Waals surface area contributed by atoms with Crippen LogP contribution in [-0.2, 0) is 0 Å². The molecule has 0 unspecified atom stereocenters. The van der Waals surface area contributed by atoms with E-state index in [0.717, 1.165) is 12.8 Å². The van der Waals surface area contributed by atoms with Crippen LogP contribution in [0.15, 0.2) is 18.2 Å². The van der Waals surface area contributed by atoms with E-state index >= 15 is 0 Å². The van der Waals surface area contributed by atoms with Gasteiger partial charge in [-0.3, -0.25) is 4.79 Å². The van der Waals surface area contributed by atoms with Crippen molar-refractivity contribution in [2.24, 2.45) is 0 Å². The van der Waals surface area contributed by atoms with E-state index in [1.807, 2.05) is 0 Å². The lowest BCUT2D eigenvalue weighted by Crippen LogP contribution is -2.25. The highest BCUT2D eigenvalue weighted by Crippen LogP contribution is 2.20. The fraction of sp³-hybridized carbons (Fsp3) is 0.300. The third-order valence-corrected chi connectivity index (χ3v) is 2.26. The lowest BCUT2D eigenvalue weighted by molar-refractivity contribution is 0.0950. The molecule has 1 aliphatic rings. The van der Waals surface area contributed by atoms with Gasteiger partial charge in [0, 0.05) is 16.6 Å². The second-order valence-corrected chi connectivity index (χ2v) is 3.84. The maximum atomic E-state index is 12.9. The number of hydrogen-bond donors (Lipinski definition) is 1. The largest absolute Gasteiger partial charge is 0.349 e. The minimum atomic E-state index is -0.488. The van der Waals surface area contributed by atoms with Crippen LogP contribution in [0.1, 0.15) is 23.2 Å². The summed E-state index contributed by atoms with van der Waals surface area (Å²) in [6.07, 6.45) is 2.02. The topological polar surface area (TPSA) is 29.1 Å². The van der Waals surface area contributed by atoms with E-state index in [4.69, 9.17) is 11.6 Å². The summed E-state index contributed by atoms with van der Waals surface area (Å²) in [7, 11) is 0. The number of benzene rings is 1. The fourth-order valence-corrected chi connectivity index (χ4v) is 1.40. The van der Waals surface area contributed by atoms with Gasteiger partial charge in [-0.15, -0.1) is 0 Å². The Kier molecular flexibility index (Phi) is 2.42. The van der Waals surface area contributed by atoms with Crippen molar-refractivity contribution < 1.29 is 9.18 Å². The zero-order valence-corrected chi connectivity index (χ0v) is 8.14. The van der Waals surface area contributed by atoms with Crippen LogP contribution in [0.4, 0.5) is 4.39 Å². The van der Waals surface area contributed by atoms with E-state index in [1.165, 1.54) is 18.2 Å². The molecule has 2 nitrogen and oxygen atoms in total. The third kappa shape index (κ3) is 2.23. The molecule has 4 heteroatoms. The SMILES string of the molecule is O=C(NC1CC1)c1cc(F)cc(Cl)c1. The van der Waals surface area contributed by atoms with E-state index in [9.17, 15) is 9.18 Å². The highest BCUT2D eigenvalue weighted by Gasteiger charge is 2.23. The van der Waals surface area contributed by atoms with Crippen molar-refractivity contribution in [2.45, 2.75) is 18.9 Å². The maximum absolute atomic E-state index is 12.9. The van der Waals surface area contributed by atoms with E-state index in [1.54, 1.807) is 0 Å². The number of rotatable bonds is 2. The zero-order chi connectivity index (χ0) is 10.1. The molecule has 0 spiro atoms. The lowest BCUT2D eigenvalue weighted by atomic mass is 10.2. The molecule has 1 saturated carbocycles. The van der Waals surface area contributed by atoms with Gasteiger partial charge >= 0.3 is 0 Å². The summed E-state index contributed by atoms with van der Waals surface area (Å²) in [5.74, 6) is -0.743. The smallest absolute Gasteiger partial charge is 0.251 e. The molecule has 2 rings (SSSR count). The highest BCUT2D eigenvalue weighted by atomic mass is 35.5. The maximum Gasteiger partial charge on any atom is 0.251 e. The van der Waals surface area contributed by atoms with Crippen molar-refractivity contribution in [3.8, 4) is 0 Å². The number of carbonyl (C=O) groups excluding carboxylic acids is 1. The number of carbonyl (C=O) groups is 1. The molecule has 1 aromatic rings. The van der Waals surface area contributed by atoms with Gasteiger partial charge in [-0.05, 0) is 31.0 Å². The molecule has 0 radical (unpaired) electrons. The summed E-state index contributed by atoms with van der Waals surface area (Å²) in [6.45, 7) is 0. The molecule has 1 aliphatic carbocycles. The second-order valence-electron chi connectivity index (χ2n) is 3.41. The van der Waals surface area contributed by atoms with Gasteiger partial charge in [0.15, 0.2) is 0 Å². The van der Waals surface area contributed by atoms with E-state index in [0.29, 0.717) is 0 Å². The normalized spacial score (nSPS) is 15.3. The summed E-state index contributed by atoms with van der Waals surface area (Å²) in [5.41, 5.74) is 0.280. The summed E-state index contributed by atoms with van der Waals surface area (Å²) in [6, 6.07) is 4.09. The number of hydrogen-bond acceptors (Lipinski definition) is 1. The first-order chi connectivity index (χ1) is 6.65. The fourth-order valence-electron chi connectivity index (χ4n) is 1.18. The van der Waals surface area contributed by atoms with Crippen molar-refractivity contribution in [1.29, 1.82) is 0 Å². The monoisotopic (exact) mass is 213 g/mol. The average molecular weight is 214 g/mol. The van der Waals surface area contributed by atoms with Crippen LogP contribution in [-0.4, -0.2) is 11.9 Å². The average Bonchev–Trinajstić information content (AvgIpc) is 2.86. The van der Waals surface area contributed by atoms with Crippen LogP contribution < -0.4 is 5.32 Å². The van der Waals surface area contributed by atoms with Gasteiger partial charge in [0.1, 0.15) is 5.82 Å². The van der Waals surface area contributed by atoms with Crippen LogP contribution in [0.5, 0.6) is 0 Å². The predicted octanol–water partition coefficient (Wildman–Crippen LogP) is 2.37. The van der Waals surface area contributed by atoms with Crippen molar-refractivity contribution in [3.63, 3.8) is 0 Å². The Balaban J connectivity index is 2.17. The highest BCUT2D eigenvalue weighted by molar-refractivity contribution is 6.31. The lowest BCUT2D eigenvalue weighted by Gasteiger charge is -2.03. The Morgan fingerprint density at radius 1 is 1.43 bits per heavy atom. The molecular formula is C10H9ClFNO. The standard InChI is InChI=1S/C10H9ClFNO/c11-7-3-6(4-8(12)5-7)10(14)13-9-1-2-9/h3-5,9H,1-2H2,(H,13,14). The Morgan fingerprint density at radius 3 is 2.71 bits per heavy atom. The summed E-state index contributed by atoms with van der Waals surface area (Å²) < 4.78 is 12.9. The summed E-state index contributed by atoms with van der Waals surface area (Å²) >= 11 is 5.63. The van der Waals surface area contributed by atoms with Crippen molar-refractivity contribution in [2.75, 3.05) is 0 Å². The first kappa shape index (κ1) is 9.46. The molecule has 0 aliphatic heterocycles. The quantitative estimate of drug-likeness (QED) is 0.803. The second kappa shape index (κ2) is 3.58. The van der Waals surface area contributed by atoms with E-state index in [-0.39, 0.29) is 22.5 Å². The molecule has 0 heterocycles. The molecule has 0 bridgehead atoms. The van der Waals surface area contributed by atoms with E-state index in [2.05, 4.69) is 5.32 Å². The Labute approximate surface area is 86.1 Å². The number of halogens is 2. The van der Waals surface area contributed by atoms with Gasteiger partial charge < -0.3 is 5.32 Å². The van der Waals surface area contributed by atoms with Crippen molar-refractivity contribution >= 4 is 17.5 Å². The third-order valence-electron chi connectivity index (χ3n) is 2.04. The molecule has 74 valence electrons.